The molecule has 0 aliphatic carbocycles. The molecule has 0 spiro atoms. The molecule has 0 saturated carbocycles. The van der Waals surface area contributed by atoms with Crippen LogP contribution in [0.4, 0.5) is 8.78 Å². The first-order valence-electron chi connectivity index (χ1n) is 3.35. The Hall–Kier alpha value is -0.710. The number of nitrogens with zero attached hydrogens (tertiary/aromatic N) is 1. The van der Waals surface area contributed by atoms with E-state index in [1.165, 1.54) is 0 Å². The van der Waals surface area contributed by atoms with Crippen molar-refractivity contribution in [2.45, 2.75) is 12.8 Å². The van der Waals surface area contributed by atoms with Gasteiger partial charge in [0.05, 0.1) is 19.8 Å². The third-order valence-corrected chi connectivity index (χ3v) is 1.40. The number of carbonyl (C=O) groups is 1. The van der Waals surface area contributed by atoms with E-state index in [2.05, 4.69) is 5.32 Å². The van der Waals surface area contributed by atoms with Crippen LogP contribution < -0.4 is 5.32 Å². The molecule has 0 aromatic rings. The van der Waals surface area contributed by atoms with Crippen LogP contribution in [0.15, 0.2) is 0 Å². The lowest BCUT2D eigenvalue weighted by Gasteiger charge is -2.18. The summed E-state index contributed by atoms with van der Waals surface area (Å²) in [5.41, 5.74) is 0. The molecule has 0 unspecified atom stereocenters. The molecule has 1 aliphatic rings. The van der Waals surface area contributed by atoms with Crippen molar-refractivity contribution in [1.82, 2.24) is 10.2 Å². The van der Waals surface area contributed by atoms with Crippen LogP contribution in [0, 0.1) is 0 Å². The summed E-state index contributed by atoms with van der Waals surface area (Å²) in [6.07, 6.45) is 0. The number of hydrogen-bond donors (Lipinski definition) is 1. The molecule has 0 atom stereocenters. The van der Waals surface area contributed by atoms with Gasteiger partial charge in [0.1, 0.15) is 0 Å². The van der Waals surface area contributed by atoms with Crippen LogP contribution in [-0.2, 0) is 4.79 Å². The first-order valence-corrected chi connectivity index (χ1v) is 3.35. The number of amides is 1. The van der Waals surface area contributed by atoms with Gasteiger partial charge in [-0.1, -0.05) is 0 Å². The number of rotatable bonds is 2. The summed E-state index contributed by atoms with van der Waals surface area (Å²) in [5, 5.41) is 2.69. The molecule has 1 rings (SSSR count). The molecule has 64 valence electrons. The van der Waals surface area contributed by atoms with Gasteiger partial charge in [-0.25, -0.2) is 8.78 Å². The van der Waals surface area contributed by atoms with Crippen molar-refractivity contribution in [1.29, 1.82) is 0 Å². The molecule has 0 aromatic carbocycles. The molecule has 1 fully saturated rings. The average Bonchev–Trinajstić information content (AvgIpc) is 2.12. The highest BCUT2D eigenvalue weighted by Crippen LogP contribution is 2.14. The fourth-order valence-electron chi connectivity index (χ4n) is 0.977. The van der Waals surface area contributed by atoms with Crippen molar-refractivity contribution in [3.63, 3.8) is 0 Å². The molecule has 1 heterocycles. The monoisotopic (exact) mass is 164 g/mol. The van der Waals surface area contributed by atoms with E-state index in [0.717, 1.165) is 11.8 Å². The molecule has 3 nitrogen and oxygen atoms in total. The minimum atomic E-state index is -2.79. The molecular formula is C6H10F2N2O. The van der Waals surface area contributed by atoms with Crippen molar-refractivity contribution < 1.29 is 13.6 Å². The first-order chi connectivity index (χ1) is 4.99. The van der Waals surface area contributed by atoms with Crippen LogP contribution in [0.1, 0.15) is 6.92 Å². The predicted molar refractivity (Wildman–Crippen MR) is 35.2 cm³/mol. The van der Waals surface area contributed by atoms with E-state index in [-0.39, 0.29) is 19.1 Å². The van der Waals surface area contributed by atoms with Crippen molar-refractivity contribution in [3.8, 4) is 0 Å². The lowest BCUT2D eigenvalue weighted by molar-refractivity contribution is -0.130. The van der Waals surface area contributed by atoms with Crippen LogP contribution in [-0.4, -0.2) is 36.5 Å². The Morgan fingerprint density at radius 2 is 2.36 bits per heavy atom. The second kappa shape index (κ2) is 2.73. The van der Waals surface area contributed by atoms with Gasteiger partial charge in [0.25, 0.3) is 5.92 Å². The van der Waals surface area contributed by atoms with E-state index in [0.29, 0.717) is 0 Å². The zero-order valence-corrected chi connectivity index (χ0v) is 6.23. The maximum atomic E-state index is 12.3. The standard InChI is InChI=1S/C6H10F2N2O/c1-6(7,8)3-10-4-9-2-5(10)11/h9H,2-4H2,1H3. The predicted octanol–water partition coefficient (Wildman–Crippen LogP) is 0.0309. The normalized spacial score (nSPS) is 19.5. The maximum absolute atomic E-state index is 12.3. The highest BCUT2D eigenvalue weighted by atomic mass is 19.3. The summed E-state index contributed by atoms with van der Waals surface area (Å²) in [6, 6.07) is 0. The van der Waals surface area contributed by atoms with Gasteiger partial charge in [-0.3, -0.25) is 10.1 Å². The second-order valence-electron chi connectivity index (χ2n) is 2.75. The Balaban J connectivity index is 2.43. The minimum absolute atomic E-state index is 0.177. The molecular weight excluding hydrogens is 154 g/mol. The summed E-state index contributed by atoms with van der Waals surface area (Å²) in [7, 11) is 0. The number of carbonyl (C=O) groups excluding carboxylic acids is 1. The summed E-state index contributed by atoms with van der Waals surface area (Å²) >= 11 is 0. The zero-order valence-electron chi connectivity index (χ0n) is 6.23. The number of halogens is 2. The highest BCUT2D eigenvalue weighted by molar-refractivity contribution is 5.80. The van der Waals surface area contributed by atoms with Crippen molar-refractivity contribution in [3.05, 3.63) is 0 Å². The lowest BCUT2D eigenvalue weighted by Crippen LogP contribution is -2.36. The van der Waals surface area contributed by atoms with Gasteiger partial charge >= 0.3 is 0 Å². The Morgan fingerprint density at radius 1 is 1.73 bits per heavy atom. The van der Waals surface area contributed by atoms with Crippen molar-refractivity contribution >= 4 is 5.91 Å². The topological polar surface area (TPSA) is 32.3 Å². The van der Waals surface area contributed by atoms with Crippen molar-refractivity contribution in [2.24, 2.45) is 0 Å². The highest BCUT2D eigenvalue weighted by Gasteiger charge is 2.30. The molecule has 1 aliphatic heterocycles. The molecule has 11 heavy (non-hydrogen) atoms. The summed E-state index contributed by atoms with van der Waals surface area (Å²) in [6.45, 7) is 0.732. The number of hydrogen-bond acceptors (Lipinski definition) is 2. The summed E-state index contributed by atoms with van der Waals surface area (Å²) in [4.78, 5) is 11.9. The van der Waals surface area contributed by atoms with Gasteiger partial charge in [-0.2, -0.15) is 0 Å². The van der Waals surface area contributed by atoms with Crippen LogP contribution in [0.2, 0.25) is 0 Å². The van der Waals surface area contributed by atoms with E-state index in [1.54, 1.807) is 0 Å². The van der Waals surface area contributed by atoms with Crippen LogP contribution in [0.3, 0.4) is 0 Å². The van der Waals surface area contributed by atoms with Gasteiger partial charge in [0.15, 0.2) is 0 Å². The van der Waals surface area contributed by atoms with Gasteiger partial charge < -0.3 is 4.90 Å². The van der Waals surface area contributed by atoms with E-state index in [4.69, 9.17) is 0 Å². The Kier molecular flexibility index (Phi) is 2.08. The molecule has 0 bridgehead atoms. The fourth-order valence-corrected chi connectivity index (χ4v) is 0.977. The Morgan fingerprint density at radius 3 is 2.73 bits per heavy atom. The molecule has 1 N–H and O–H groups in total. The molecule has 0 aromatic heterocycles. The third kappa shape index (κ3) is 2.42. The molecule has 5 heteroatoms. The third-order valence-electron chi connectivity index (χ3n) is 1.40. The first kappa shape index (κ1) is 8.39. The Bertz CT molecular complexity index is 166. The largest absolute Gasteiger partial charge is 0.323 e. The zero-order chi connectivity index (χ0) is 8.48. The SMILES string of the molecule is CC(F)(F)CN1CNCC1=O. The van der Waals surface area contributed by atoms with Crippen LogP contribution >= 0.6 is 0 Å². The molecule has 1 saturated heterocycles. The molecule has 0 radical (unpaired) electrons. The fraction of sp³-hybridized carbons (Fsp3) is 0.833. The second-order valence-corrected chi connectivity index (χ2v) is 2.75. The summed E-state index contributed by atoms with van der Waals surface area (Å²) < 4.78 is 24.7. The van der Waals surface area contributed by atoms with E-state index >= 15 is 0 Å². The van der Waals surface area contributed by atoms with Crippen LogP contribution in [0.25, 0.3) is 0 Å². The van der Waals surface area contributed by atoms with Gasteiger partial charge in [-0.15, -0.1) is 0 Å². The number of alkyl halides is 2. The summed E-state index contributed by atoms with van der Waals surface area (Å²) in [5.74, 6) is -3.05. The maximum Gasteiger partial charge on any atom is 0.262 e. The van der Waals surface area contributed by atoms with E-state index < -0.39 is 12.5 Å². The average molecular weight is 164 g/mol. The van der Waals surface area contributed by atoms with Crippen molar-refractivity contribution in [2.75, 3.05) is 19.8 Å². The quantitative estimate of drug-likeness (QED) is 0.624. The Labute approximate surface area is 63.4 Å². The van der Waals surface area contributed by atoms with Gasteiger partial charge in [0.2, 0.25) is 5.91 Å². The molecule has 1 amide bonds. The van der Waals surface area contributed by atoms with E-state index in [9.17, 15) is 13.6 Å². The minimum Gasteiger partial charge on any atom is -0.323 e. The number of nitrogens with one attached hydrogen (secondary N) is 1. The van der Waals surface area contributed by atoms with Crippen LogP contribution in [0.5, 0.6) is 0 Å². The van der Waals surface area contributed by atoms with Gasteiger partial charge in [0, 0.05) is 6.92 Å². The smallest absolute Gasteiger partial charge is 0.262 e. The van der Waals surface area contributed by atoms with Gasteiger partial charge in [-0.05, 0) is 0 Å². The lowest BCUT2D eigenvalue weighted by atomic mass is 10.3. The van der Waals surface area contributed by atoms with E-state index in [1.807, 2.05) is 0 Å².